The normalized spacial score (nSPS) is 18.6. The van der Waals surface area contributed by atoms with E-state index in [1.54, 1.807) is 0 Å². The van der Waals surface area contributed by atoms with Gasteiger partial charge in [-0.25, -0.2) is 9.78 Å². The van der Waals surface area contributed by atoms with Gasteiger partial charge in [0.15, 0.2) is 0 Å². The van der Waals surface area contributed by atoms with E-state index < -0.39 is 5.97 Å². The van der Waals surface area contributed by atoms with E-state index in [0.29, 0.717) is 11.7 Å². The van der Waals surface area contributed by atoms with Crippen LogP contribution in [-0.2, 0) is 0 Å². The highest BCUT2D eigenvalue weighted by Gasteiger charge is 2.41. The van der Waals surface area contributed by atoms with E-state index in [9.17, 15) is 4.79 Å². The summed E-state index contributed by atoms with van der Waals surface area (Å²) < 4.78 is 0. The smallest absolute Gasteiger partial charge is 0.337 e. The third kappa shape index (κ3) is 2.84. The summed E-state index contributed by atoms with van der Waals surface area (Å²) in [5, 5.41) is 12.5. The van der Waals surface area contributed by atoms with Crippen LogP contribution < -0.4 is 5.32 Å². The maximum atomic E-state index is 11.0. The Morgan fingerprint density at radius 1 is 1.42 bits per heavy atom. The second-order valence-electron chi connectivity index (χ2n) is 5.55. The van der Waals surface area contributed by atoms with E-state index in [0.717, 1.165) is 18.4 Å². The van der Waals surface area contributed by atoms with Crippen LogP contribution in [0, 0.1) is 17.8 Å². The molecule has 1 heterocycles. The predicted octanol–water partition coefficient (Wildman–Crippen LogP) is 3.28. The Kier molecular flexibility index (Phi) is 3.35. The number of pyridine rings is 1. The number of anilines is 1. The van der Waals surface area contributed by atoms with Crippen LogP contribution in [0.25, 0.3) is 0 Å². The quantitative estimate of drug-likeness (QED) is 0.839. The number of rotatable bonds is 6. The van der Waals surface area contributed by atoms with Gasteiger partial charge in [-0.05, 0) is 49.5 Å². The van der Waals surface area contributed by atoms with Gasteiger partial charge in [0.1, 0.15) is 5.82 Å². The Labute approximate surface area is 117 Å². The van der Waals surface area contributed by atoms with Gasteiger partial charge in [0.2, 0.25) is 0 Å². The van der Waals surface area contributed by atoms with Crippen LogP contribution in [0.1, 0.15) is 36.0 Å². The highest BCUT2D eigenvalue weighted by Crippen LogP contribution is 2.49. The van der Waals surface area contributed by atoms with Crippen LogP contribution in [0.3, 0.4) is 0 Å². The first-order valence-electron chi connectivity index (χ1n) is 6.78. The summed E-state index contributed by atoms with van der Waals surface area (Å²) in [5.41, 5.74) is 0.105. The Morgan fingerprint density at radius 3 is 2.58 bits per heavy atom. The minimum absolute atomic E-state index is 0.105. The standard InChI is InChI=1S/C14H17ClN2O2/c15-12-10(14(18)19)5-6-16-13(12)17-7-11(8-1-2-8)9-3-4-9/h5-6,8-9,11H,1-4,7H2,(H,16,17)(H,18,19). The largest absolute Gasteiger partial charge is 0.478 e. The van der Waals surface area contributed by atoms with Gasteiger partial charge in [-0.2, -0.15) is 0 Å². The number of carbonyl (C=O) groups is 1. The minimum Gasteiger partial charge on any atom is -0.478 e. The van der Waals surface area contributed by atoms with Gasteiger partial charge >= 0.3 is 5.97 Å². The molecule has 0 radical (unpaired) electrons. The Morgan fingerprint density at radius 2 is 2.05 bits per heavy atom. The average molecular weight is 281 g/mol. The molecule has 0 amide bonds. The fraction of sp³-hybridized carbons (Fsp3) is 0.571. The SMILES string of the molecule is O=C(O)c1ccnc(NCC(C2CC2)C2CC2)c1Cl. The lowest BCUT2D eigenvalue weighted by Crippen LogP contribution is -2.19. The number of carboxylic acids is 1. The van der Waals surface area contributed by atoms with Crippen molar-refractivity contribution >= 4 is 23.4 Å². The van der Waals surface area contributed by atoms with Gasteiger partial charge in [-0.3, -0.25) is 0 Å². The van der Waals surface area contributed by atoms with Gasteiger partial charge in [-0.15, -0.1) is 0 Å². The lowest BCUT2D eigenvalue weighted by Gasteiger charge is -2.17. The zero-order chi connectivity index (χ0) is 13.4. The summed E-state index contributed by atoms with van der Waals surface area (Å²) in [6, 6.07) is 1.43. The fourth-order valence-corrected chi connectivity index (χ4v) is 2.97. The van der Waals surface area contributed by atoms with Crippen molar-refractivity contribution in [1.82, 2.24) is 4.98 Å². The molecule has 102 valence electrons. The summed E-state index contributed by atoms with van der Waals surface area (Å²) >= 11 is 6.07. The Bertz CT molecular complexity index is 486. The summed E-state index contributed by atoms with van der Waals surface area (Å²) in [5.74, 6) is 1.87. The second-order valence-corrected chi connectivity index (χ2v) is 5.92. The van der Waals surface area contributed by atoms with E-state index in [-0.39, 0.29) is 10.6 Å². The van der Waals surface area contributed by atoms with E-state index >= 15 is 0 Å². The molecule has 2 aliphatic rings. The lowest BCUT2D eigenvalue weighted by atomic mass is 9.98. The molecule has 19 heavy (non-hydrogen) atoms. The summed E-state index contributed by atoms with van der Waals surface area (Å²) in [6.45, 7) is 0.852. The first-order chi connectivity index (χ1) is 9.16. The van der Waals surface area contributed by atoms with Crippen LogP contribution in [0.5, 0.6) is 0 Å². The molecule has 0 aromatic carbocycles. The highest BCUT2D eigenvalue weighted by molar-refractivity contribution is 6.35. The number of aromatic carboxylic acids is 1. The van der Waals surface area contributed by atoms with Gasteiger partial charge in [0.25, 0.3) is 0 Å². The zero-order valence-electron chi connectivity index (χ0n) is 10.6. The molecule has 2 N–H and O–H groups in total. The minimum atomic E-state index is -1.02. The molecule has 2 aliphatic carbocycles. The highest BCUT2D eigenvalue weighted by atomic mass is 35.5. The number of carboxylic acid groups (broad SMARTS) is 1. The second kappa shape index (κ2) is 5.00. The molecule has 5 heteroatoms. The number of halogens is 1. The summed E-state index contributed by atoms with van der Waals surface area (Å²) in [4.78, 5) is 15.2. The van der Waals surface area contributed by atoms with Crippen LogP contribution in [0.15, 0.2) is 12.3 Å². The first-order valence-corrected chi connectivity index (χ1v) is 7.16. The number of hydrogen-bond donors (Lipinski definition) is 2. The molecule has 4 nitrogen and oxygen atoms in total. The van der Waals surface area contributed by atoms with Crippen LogP contribution in [0.4, 0.5) is 5.82 Å². The van der Waals surface area contributed by atoms with Gasteiger partial charge < -0.3 is 10.4 Å². The van der Waals surface area contributed by atoms with Crippen molar-refractivity contribution in [2.24, 2.45) is 17.8 Å². The number of aromatic nitrogens is 1. The van der Waals surface area contributed by atoms with E-state index in [1.165, 1.54) is 37.9 Å². The van der Waals surface area contributed by atoms with Gasteiger partial charge in [-0.1, -0.05) is 11.6 Å². The van der Waals surface area contributed by atoms with E-state index in [4.69, 9.17) is 16.7 Å². The number of nitrogens with zero attached hydrogens (tertiary/aromatic N) is 1. The van der Waals surface area contributed by atoms with Crippen molar-refractivity contribution in [2.45, 2.75) is 25.7 Å². The molecule has 0 spiro atoms. The molecule has 0 unspecified atom stereocenters. The van der Waals surface area contributed by atoms with Crippen LogP contribution >= 0.6 is 11.6 Å². The van der Waals surface area contributed by atoms with E-state index in [1.807, 2.05) is 0 Å². The number of hydrogen-bond acceptors (Lipinski definition) is 3. The Balaban J connectivity index is 1.68. The third-order valence-electron chi connectivity index (χ3n) is 4.08. The molecule has 1 aromatic rings. The zero-order valence-corrected chi connectivity index (χ0v) is 11.4. The molecular weight excluding hydrogens is 264 g/mol. The van der Waals surface area contributed by atoms with Gasteiger partial charge in [0, 0.05) is 12.7 Å². The lowest BCUT2D eigenvalue weighted by molar-refractivity contribution is 0.0697. The molecule has 0 aliphatic heterocycles. The van der Waals surface area contributed by atoms with Crippen molar-refractivity contribution < 1.29 is 9.90 Å². The molecule has 0 atom stereocenters. The van der Waals surface area contributed by atoms with Crippen LogP contribution in [-0.4, -0.2) is 22.6 Å². The molecular formula is C14H17ClN2O2. The van der Waals surface area contributed by atoms with Crippen molar-refractivity contribution in [3.8, 4) is 0 Å². The topological polar surface area (TPSA) is 62.2 Å². The first kappa shape index (κ1) is 12.7. The fourth-order valence-electron chi connectivity index (χ4n) is 2.71. The molecule has 1 aromatic heterocycles. The molecule has 2 saturated carbocycles. The van der Waals surface area contributed by atoms with Crippen LogP contribution in [0.2, 0.25) is 5.02 Å². The van der Waals surface area contributed by atoms with Crippen molar-refractivity contribution in [3.63, 3.8) is 0 Å². The number of nitrogens with one attached hydrogen (secondary N) is 1. The summed E-state index contributed by atoms with van der Waals surface area (Å²) in [6.07, 6.45) is 6.82. The average Bonchev–Trinajstić information content (AvgIpc) is 3.25. The maximum Gasteiger partial charge on any atom is 0.337 e. The third-order valence-corrected chi connectivity index (χ3v) is 4.46. The molecule has 0 bridgehead atoms. The summed E-state index contributed by atoms with van der Waals surface area (Å²) in [7, 11) is 0. The molecule has 2 fully saturated rings. The predicted molar refractivity (Wildman–Crippen MR) is 73.6 cm³/mol. The Hall–Kier alpha value is -1.29. The van der Waals surface area contributed by atoms with E-state index in [2.05, 4.69) is 10.3 Å². The molecule has 3 rings (SSSR count). The maximum absolute atomic E-state index is 11.0. The van der Waals surface area contributed by atoms with Crippen molar-refractivity contribution in [1.29, 1.82) is 0 Å². The monoisotopic (exact) mass is 280 g/mol. The van der Waals surface area contributed by atoms with Crippen molar-refractivity contribution in [3.05, 3.63) is 22.8 Å². The molecule has 0 saturated heterocycles. The van der Waals surface area contributed by atoms with Gasteiger partial charge in [0.05, 0.1) is 10.6 Å². The van der Waals surface area contributed by atoms with Crippen molar-refractivity contribution in [2.75, 3.05) is 11.9 Å².